The maximum Gasteiger partial charge on any atom is 0.0888 e. The Balaban J connectivity index is 1.45. The molecule has 1 fully saturated rings. The summed E-state index contributed by atoms with van der Waals surface area (Å²) in [5.41, 5.74) is 1.88. The zero-order valence-electron chi connectivity index (χ0n) is 22.6. The molecule has 1 saturated heterocycles. The fraction of sp³-hybridized carbons (Fsp3) is 0.643. The van der Waals surface area contributed by atoms with Crippen LogP contribution in [0.2, 0.25) is 0 Å². The second kappa shape index (κ2) is 20.9. The van der Waals surface area contributed by atoms with Crippen LogP contribution in [0.4, 0.5) is 0 Å². The molecule has 3 rings (SSSR count). The van der Waals surface area contributed by atoms with Crippen molar-refractivity contribution in [1.29, 1.82) is 0 Å². The highest BCUT2D eigenvalue weighted by atomic mass is 16.6. The van der Waals surface area contributed by atoms with Gasteiger partial charge in [-0.15, -0.1) is 0 Å². The Morgan fingerprint density at radius 1 is 0.553 bits per heavy atom. The highest BCUT2D eigenvalue weighted by Crippen LogP contribution is 2.00. The number of rotatable bonds is 10. The molecule has 0 unspecified atom stereocenters. The largest absolute Gasteiger partial charge is 0.378 e. The Hall–Kier alpha value is -2.02. The van der Waals surface area contributed by atoms with Gasteiger partial charge in [-0.25, -0.2) is 0 Å². The van der Waals surface area contributed by atoms with Crippen LogP contribution in [-0.2, 0) is 41.6 Å². The van der Waals surface area contributed by atoms with Gasteiger partial charge in [-0.3, -0.25) is 19.8 Å². The van der Waals surface area contributed by atoms with E-state index in [1.165, 1.54) is 0 Å². The van der Waals surface area contributed by atoms with Gasteiger partial charge in [0.2, 0.25) is 0 Å². The first-order valence-electron chi connectivity index (χ1n) is 13.6. The first-order valence-corrected chi connectivity index (χ1v) is 13.6. The monoisotopic (exact) mass is 532 g/mol. The summed E-state index contributed by atoms with van der Waals surface area (Å²) in [5.74, 6) is 0. The van der Waals surface area contributed by atoms with Crippen molar-refractivity contribution in [1.82, 2.24) is 19.8 Å². The Morgan fingerprint density at radius 3 is 1.37 bits per heavy atom. The maximum atomic E-state index is 5.90. The molecule has 0 spiro atoms. The molecule has 10 nitrogen and oxygen atoms in total. The molecular weight excluding hydrogens is 488 g/mol. The summed E-state index contributed by atoms with van der Waals surface area (Å²) in [4.78, 5) is 13.4. The Morgan fingerprint density at radius 2 is 0.974 bits per heavy atom. The van der Waals surface area contributed by atoms with Crippen molar-refractivity contribution in [2.45, 2.75) is 13.2 Å². The van der Waals surface area contributed by atoms with E-state index in [1.54, 1.807) is 12.4 Å². The summed E-state index contributed by atoms with van der Waals surface area (Å²) in [6.45, 7) is 12.1. The molecule has 0 radical (unpaired) electrons. The number of hydrogen-bond donors (Lipinski definition) is 0. The predicted molar refractivity (Wildman–Crippen MR) is 144 cm³/mol. The predicted octanol–water partition coefficient (Wildman–Crippen LogP) is 1.89. The van der Waals surface area contributed by atoms with Crippen LogP contribution in [0.5, 0.6) is 0 Å². The quantitative estimate of drug-likeness (QED) is 0.423. The molecule has 0 N–H and O–H groups in total. The van der Waals surface area contributed by atoms with Gasteiger partial charge in [0.1, 0.15) is 0 Å². The summed E-state index contributed by atoms with van der Waals surface area (Å²) in [7, 11) is 0. The lowest BCUT2D eigenvalue weighted by Crippen LogP contribution is -2.41. The Labute approximate surface area is 227 Å². The molecule has 2 aromatic rings. The van der Waals surface area contributed by atoms with Crippen LogP contribution in [0.25, 0.3) is 0 Å². The van der Waals surface area contributed by atoms with E-state index in [2.05, 4.69) is 19.8 Å². The lowest BCUT2D eigenvalue weighted by Gasteiger charge is -2.28. The molecule has 3 heterocycles. The fourth-order valence-electron chi connectivity index (χ4n) is 3.81. The second-order valence-electron chi connectivity index (χ2n) is 8.88. The smallest absolute Gasteiger partial charge is 0.0888 e. The van der Waals surface area contributed by atoms with Crippen LogP contribution >= 0.6 is 0 Å². The molecule has 0 atom stereocenters. The normalized spacial score (nSPS) is 18.5. The van der Waals surface area contributed by atoms with Gasteiger partial charge < -0.3 is 28.4 Å². The minimum absolute atomic E-state index is 0.517. The van der Waals surface area contributed by atoms with E-state index in [9.17, 15) is 0 Å². The fourth-order valence-corrected chi connectivity index (χ4v) is 3.81. The third-order valence-electron chi connectivity index (χ3n) is 6.01. The molecule has 0 saturated carbocycles. The van der Waals surface area contributed by atoms with E-state index in [0.29, 0.717) is 79.3 Å². The molecule has 10 heteroatoms. The lowest BCUT2D eigenvalue weighted by atomic mass is 10.3. The van der Waals surface area contributed by atoms with Gasteiger partial charge >= 0.3 is 0 Å². The van der Waals surface area contributed by atoms with Gasteiger partial charge in [0, 0.05) is 51.7 Å². The van der Waals surface area contributed by atoms with E-state index < -0.39 is 0 Å². The first kappa shape index (κ1) is 30.5. The van der Waals surface area contributed by atoms with Gasteiger partial charge in [-0.2, -0.15) is 0 Å². The highest BCUT2D eigenvalue weighted by molar-refractivity contribution is 5.02. The van der Waals surface area contributed by atoms with Crippen LogP contribution in [0.15, 0.2) is 48.8 Å². The number of aromatic nitrogens is 2. The van der Waals surface area contributed by atoms with Gasteiger partial charge in [0.15, 0.2) is 0 Å². The van der Waals surface area contributed by atoms with Crippen molar-refractivity contribution < 1.29 is 28.4 Å². The molecule has 2 aromatic heterocycles. The number of hydrogen-bond acceptors (Lipinski definition) is 10. The van der Waals surface area contributed by atoms with Crippen LogP contribution in [0.3, 0.4) is 0 Å². The molecule has 0 aromatic carbocycles. The molecule has 1 aliphatic heterocycles. The molecule has 38 heavy (non-hydrogen) atoms. The zero-order chi connectivity index (χ0) is 26.4. The van der Waals surface area contributed by atoms with E-state index >= 15 is 0 Å². The average Bonchev–Trinajstić information content (AvgIpc) is 2.96. The number of pyridine rings is 2. The average molecular weight is 533 g/mol. The van der Waals surface area contributed by atoms with E-state index in [0.717, 1.165) is 50.7 Å². The lowest BCUT2D eigenvalue weighted by molar-refractivity contribution is -0.0109. The third kappa shape index (κ3) is 14.8. The number of ether oxygens (including phenoxy) is 6. The van der Waals surface area contributed by atoms with E-state index in [1.807, 2.05) is 36.4 Å². The minimum atomic E-state index is 0.517. The van der Waals surface area contributed by atoms with Crippen LogP contribution < -0.4 is 0 Å². The SMILES string of the molecule is c1ccc(COCCN2CCOCCOCCOCCOCCN(CCOCc3ccccn3)CC2)nc1. The van der Waals surface area contributed by atoms with E-state index in [4.69, 9.17) is 28.4 Å². The van der Waals surface area contributed by atoms with Crippen LogP contribution in [0.1, 0.15) is 11.4 Å². The van der Waals surface area contributed by atoms with Crippen molar-refractivity contribution in [2.75, 3.05) is 105 Å². The first-order chi connectivity index (χ1) is 18.9. The molecule has 0 amide bonds. The Kier molecular flexibility index (Phi) is 16.8. The molecule has 212 valence electrons. The maximum absolute atomic E-state index is 5.90. The summed E-state index contributed by atoms with van der Waals surface area (Å²) < 4.78 is 34.6. The molecule has 0 bridgehead atoms. The molecule has 0 aliphatic carbocycles. The third-order valence-corrected chi connectivity index (χ3v) is 6.01. The Bertz CT molecular complexity index is 737. The van der Waals surface area contributed by atoms with Crippen molar-refractivity contribution in [3.05, 3.63) is 60.2 Å². The summed E-state index contributed by atoms with van der Waals surface area (Å²) in [6.07, 6.45) is 3.58. The highest BCUT2D eigenvalue weighted by Gasteiger charge is 2.11. The second-order valence-corrected chi connectivity index (χ2v) is 8.88. The van der Waals surface area contributed by atoms with Crippen molar-refractivity contribution in [3.63, 3.8) is 0 Å². The topological polar surface area (TPSA) is 87.6 Å². The van der Waals surface area contributed by atoms with Gasteiger partial charge in [0.25, 0.3) is 0 Å². The van der Waals surface area contributed by atoms with Crippen LogP contribution in [-0.4, -0.2) is 125 Å². The van der Waals surface area contributed by atoms with Crippen molar-refractivity contribution >= 4 is 0 Å². The van der Waals surface area contributed by atoms with Gasteiger partial charge in [0.05, 0.1) is 90.7 Å². The summed E-state index contributed by atoms with van der Waals surface area (Å²) in [5, 5.41) is 0. The standard InChI is InChI=1S/C28H44N4O6/c1-3-7-29-27(5-1)25-37-17-13-31-9-10-32(14-18-38-26-28-6-2-4-8-30-28)12-16-34-20-22-36-24-23-35-21-19-33-15-11-31/h1-8H,9-26H2. The van der Waals surface area contributed by atoms with Crippen molar-refractivity contribution in [3.8, 4) is 0 Å². The van der Waals surface area contributed by atoms with E-state index in [-0.39, 0.29) is 0 Å². The van der Waals surface area contributed by atoms with Gasteiger partial charge in [-0.1, -0.05) is 12.1 Å². The minimum Gasteiger partial charge on any atom is -0.378 e. The molecular formula is C28H44N4O6. The molecule has 1 aliphatic rings. The number of nitrogens with zero attached hydrogens (tertiary/aromatic N) is 4. The van der Waals surface area contributed by atoms with Crippen LogP contribution in [0, 0.1) is 0 Å². The van der Waals surface area contributed by atoms with Gasteiger partial charge in [-0.05, 0) is 24.3 Å². The van der Waals surface area contributed by atoms with Crippen molar-refractivity contribution in [2.24, 2.45) is 0 Å². The summed E-state index contributed by atoms with van der Waals surface area (Å²) in [6, 6.07) is 11.7. The zero-order valence-corrected chi connectivity index (χ0v) is 22.6. The summed E-state index contributed by atoms with van der Waals surface area (Å²) >= 11 is 0.